The summed E-state index contributed by atoms with van der Waals surface area (Å²) < 4.78 is 31.3. The van der Waals surface area contributed by atoms with E-state index in [9.17, 15) is 13.9 Å². The maximum absolute atomic E-state index is 12.7. The molecule has 1 saturated heterocycles. The zero-order chi connectivity index (χ0) is 23.8. The van der Waals surface area contributed by atoms with Crippen LogP contribution in [-0.4, -0.2) is 47.9 Å². The lowest BCUT2D eigenvalue weighted by molar-refractivity contribution is 0.139. The third-order valence-electron chi connectivity index (χ3n) is 6.16. The van der Waals surface area contributed by atoms with Gasteiger partial charge in [-0.3, -0.25) is 5.32 Å². The first-order valence-electron chi connectivity index (χ1n) is 11.6. The number of aryl methyl sites for hydroxylation is 2. The fourth-order valence-corrected chi connectivity index (χ4v) is 4.36. The van der Waals surface area contributed by atoms with Crippen LogP contribution in [0.5, 0.6) is 5.75 Å². The Kier molecular flexibility index (Phi) is 9.34. The van der Waals surface area contributed by atoms with E-state index in [-0.39, 0.29) is 5.56 Å². The minimum Gasteiger partial charge on any atom is -0.494 e. The molecular formula is C24H35F2N5O2. The highest BCUT2D eigenvalue weighted by molar-refractivity contribution is 5.42. The van der Waals surface area contributed by atoms with Crippen LogP contribution in [0.3, 0.4) is 0 Å². The van der Waals surface area contributed by atoms with Crippen molar-refractivity contribution in [3.63, 3.8) is 0 Å². The Balaban J connectivity index is 1.40. The van der Waals surface area contributed by atoms with E-state index in [0.717, 1.165) is 61.2 Å². The summed E-state index contributed by atoms with van der Waals surface area (Å²) in [6.07, 6.45) is 3.25. The van der Waals surface area contributed by atoms with Crippen molar-refractivity contribution in [3.05, 3.63) is 46.8 Å². The van der Waals surface area contributed by atoms with Gasteiger partial charge in [-0.25, -0.2) is 18.7 Å². The van der Waals surface area contributed by atoms with Gasteiger partial charge in [0.05, 0.1) is 12.2 Å². The van der Waals surface area contributed by atoms with Gasteiger partial charge in [-0.2, -0.15) is 0 Å². The molecule has 1 atom stereocenters. The van der Waals surface area contributed by atoms with Crippen LogP contribution < -0.4 is 20.7 Å². The van der Waals surface area contributed by atoms with Gasteiger partial charge in [-0.05, 0) is 68.7 Å². The van der Waals surface area contributed by atoms with Crippen LogP contribution in [0.4, 0.5) is 14.7 Å². The van der Waals surface area contributed by atoms with Crippen LogP contribution in [0.2, 0.25) is 0 Å². The molecule has 182 valence electrons. The lowest BCUT2D eigenvalue weighted by Crippen LogP contribution is -2.35. The lowest BCUT2D eigenvalue weighted by Gasteiger charge is -2.32. The summed E-state index contributed by atoms with van der Waals surface area (Å²) >= 11 is 0. The summed E-state index contributed by atoms with van der Waals surface area (Å²) in [5, 5.41) is 13.3. The Hall–Kier alpha value is -2.36. The van der Waals surface area contributed by atoms with Crippen LogP contribution in [-0.2, 0) is 0 Å². The fraction of sp³-hybridized carbons (Fsp3) is 0.583. The highest BCUT2D eigenvalue weighted by Gasteiger charge is 2.21. The molecule has 1 unspecified atom stereocenters. The number of aliphatic hydroxyl groups is 1. The fourth-order valence-electron chi connectivity index (χ4n) is 4.36. The van der Waals surface area contributed by atoms with Crippen LogP contribution >= 0.6 is 0 Å². The number of benzene rings is 1. The summed E-state index contributed by atoms with van der Waals surface area (Å²) in [7, 11) is 0. The number of aromatic nitrogens is 2. The first-order valence-corrected chi connectivity index (χ1v) is 11.6. The van der Waals surface area contributed by atoms with E-state index in [1.54, 1.807) is 0 Å². The van der Waals surface area contributed by atoms with Crippen LogP contribution in [0.15, 0.2) is 24.5 Å². The number of nitrogens with one attached hydrogen (secondary N) is 1. The number of hydrogen-bond donors (Lipinski definition) is 3. The molecule has 0 saturated carbocycles. The van der Waals surface area contributed by atoms with Gasteiger partial charge in [0.15, 0.2) is 0 Å². The zero-order valence-electron chi connectivity index (χ0n) is 19.4. The largest absolute Gasteiger partial charge is 0.494 e. The van der Waals surface area contributed by atoms with Crippen molar-refractivity contribution >= 4 is 5.95 Å². The first kappa shape index (κ1) is 25.3. The molecule has 1 fully saturated rings. The minimum absolute atomic E-state index is 0.145. The molecule has 1 aliphatic rings. The third kappa shape index (κ3) is 7.06. The van der Waals surface area contributed by atoms with Crippen molar-refractivity contribution in [2.45, 2.75) is 52.2 Å². The van der Waals surface area contributed by atoms with Gasteiger partial charge in [-0.15, -0.1) is 0 Å². The molecule has 0 bridgehead atoms. The molecule has 0 aliphatic carbocycles. The number of nitrogens with two attached hydrogens (primary N) is 1. The summed E-state index contributed by atoms with van der Waals surface area (Å²) in [6.45, 7) is 7.28. The molecule has 1 aliphatic heterocycles. The number of ether oxygens (including phenoxy) is 1. The minimum atomic E-state index is -2.54. The maximum atomic E-state index is 12.7. The van der Waals surface area contributed by atoms with E-state index in [1.807, 2.05) is 26.0 Å². The van der Waals surface area contributed by atoms with Crippen molar-refractivity contribution in [1.82, 2.24) is 15.3 Å². The smallest absolute Gasteiger partial charge is 0.266 e. The second-order valence-electron chi connectivity index (χ2n) is 8.65. The second-order valence-corrected chi connectivity index (χ2v) is 8.65. The third-order valence-corrected chi connectivity index (χ3v) is 6.16. The molecule has 2 heterocycles. The van der Waals surface area contributed by atoms with Crippen molar-refractivity contribution < 1.29 is 18.6 Å². The van der Waals surface area contributed by atoms with Crippen molar-refractivity contribution in [2.75, 3.05) is 37.7 Å². The van der Waals surface area contributed by atoms with Gasteiger partial charge in [0.25, 0.3) is 6.43 Å². The van der Waals surface area contributed by atoms with Gasteiger partial charge in [0, 0.05) is 44.1 Å². The Morgan fingerprint density at radius 1 is 1.18 bits per heavy atom. The van der Waals surface area contributed by atoms with Crippen LogP contribution in [0, 0.1) is 19.8 Å². The molecule has 7 nitrogen and oxygen atoms in total. The predicted octanol–water partition coefficient (Wildman–Crippen LogP) is 3.65. The lowest BCUT2D eigenvalue weighted by atomic mass is 9.92. The number of piperidine rings is 1. The van der Waals surface area contributed by atoms with Crippen LogP contribution in [0.1, 0.15) is 60.6 Å². The van der Waals surface area contributed by atoms with E-state index < -0.39 is 12.7 Å². The van der Waals surface area contributed by atoms with E-state index in [2.05, 4.69) is 20.2 Å². The van der Waals surface area contributed by atoms with Gasteiger partial charge >= 0.3 is 0 Å². The number of alkyl halides is 2. The van der Waals surface area contributed by atoms with E-state index in [1.165, 1.54) is 12.4 Å². The topological polar surface area (TPSA) is 96.5 Å². The summed E-state index contributed by atoms with van der Waals surface area (Å²) in [6, 6.07) is 3.93. The van der Waals surface area contributed by atoms with E-state index >= 15 is 0 Å². The highest BCUT2D eigenvalue weighted by Crippen LogP contribution is 2.28. The van der Waals surface area contributed by atoms with Gasteiger partial charge in [0.1, 0.15) is 12.0 Å². The molecule has 9 heteroatoms. The molecule has 33 heavy (non-hydrogen) atoms. The van der Waals surface area contributed by atoms with E-state index in [0.29, 0.717) is 31.6 Å². The Morgan fingerprint density at radius 3 is 2.39 bits per heavy atom. The summed E-state index contributed by atoms with van der Waals surface area (Å²) in [5.74, 6) is 1.96. The SMILES string of the molecule is Cc1cc(OCCCC2CCN(c3ncc(C(F)F)cn3)CC2)cc(C)c1C(O)NCCN. The maximum Gasteiger partial charge on any atom is 0.266 e. The monoisotopic (exact) mass is 463 g/mol. The molecule has 4 N–H and O–H groups in total. The molecule has 3 rings (SSSR count). The number of rotatable bonds is 11. The Labute approximate surface area is 194 Å². The number of hydrogen-bond acceptors (Lipinski definition) is 7. The number of aliphatic hydroxyl groups excluding tert-OH is 1. The van der Waals surface area contributed by atoms with Gasteiger partial charge in [0.2, 0.25) is 5.95 Å². The number of nitrogens with zero attached hydrogens (tertiary/aromatic N) is 3. The van der Waals surface area contributed by atoms with Crippen molar-refractivity contribution in [2.24, 2.45) is 11.7 Å². The molecule has 0 radical (unpaired) electrons. The molecule has 0 spiro atoms. The molecule has 2 aromatic rings. The molecule has 1 aromatic carbocycles. The average molecular weight is 464 g/mol. The summed E-state index contributed by atoms with van der Waals surface area (Å²) in [5.41, 5.74) is 8.19. The molecule has 0 amide bonds. The average Bonchev–Trinajstić information content (AvgIpc) is 2.80. The summed E-state index contributed by atoms with van der Waals surface area (Å²) in [4.78, 5) is 10.2. The Bertz CT molecular complexity index is 851. The van der Waals surface area contributed by atoms with Gasteiger partial charge < -0.3 is 20.5 Å². The highest BCUT2D eigenvalue weighted by atomic mass is 19.3. The van der Waals surface area contributed by atoms with Gasteiger partial charge in [-0.1, -0.05) is 0 Å². The molecule has 1 aromatic heterocycles. The normalized spacial score (nSPS) is 15.8. The van der Waals surface area contributed by atoms with Crippen molar-refractivity contribution in [1.29, 1.82) is 0 Å². The quantitative estimate of drug-likeness (QED) is 0.346. The Morgan fingerprint density at radius 2 is 1.82 bits per heavy atom. The first-order chi connectivity index (χ1) is 15.9. The van der Waals surface area contributed by atoms with E-state index in [4.69, 9.17) is 10.5 Å². The second kappa shape index (κ2) is 12.2. The molecular weight excluding hydrogens is 428 g/mol. The number of anilines is 1. The predicted molar refractivity (Wildman–Crippen MR) is 125 cm³/mol. The van der Waals surface area contributed by atoms with Crippen LogP contribution in [0.25, 0.3) is 0 Å². The van der Waals surface area contributed by atoms with Crippen molar-refractivity contribution in [3.8, 4) is 5.75 Å². The standard InChI is InChI=1S/C24H35F2N5O2/c1-16-12-20(13-17(2)21(16)23(32)28-8-7-27)33-11-3-4-18-5-9-31(10-6-18)24-29-14-19(15-30-24)22(25)26/h12-15,18,22-23,28,32H,3-11,27H2,1-2H3. The zero-order valence-corrected chi connectivity index (χ0v) is 19.4. The number of halogens is 2.